The van der Waals surface area contributed by atoms with Crippen LogP contribution in [0.3, 0.4) is 0 Å². The summed E-state index contributed by atoms with van der Waals surface area (Å²) in [6, 6.07) is 16.2. The van der Waals surface area contributed by atoms with Gasteiger partial charge < -0.3 is 15.3 Å². The summed E-state index contributed by atoms with van der Waals surface area (Å²) >= 11 is 0. The molecule has 2 aromatic heterocycles. The number of aromatic nitrogens is 3. The second kappa shape index (κ2) is 11.1. The Morgan fingerprint density at radius 2 is 1.79 bits per heavy atom. The summed E-state index contributed by atoms with van der Waals surface area (Å²) in [5, 5.41) is 35.5. The molecule has 2 atom stereocenters. The summed E-state index contributed by atoms with van der Waals surface area (Å²) in [5.41, 5.74) is 5.81. The lowest BCUT2D eigenvalue weighted by Crippen LogP contribution is -2.19. The van der Waals surface area contributed by atoms with Gasteiger partial charge in [-0.2, -0.15) is 5.10 Å². The fourth-order valence-electron chi connectivity index (χ4n) is 4.97. The zero-order valence-electron chi connectivity index (χ0n) is 22.0. The van der Waals surface area contributed by atoms with Crippen LogP contribution < -0.4 is 0 Å². The largest absolute Gasteiger partial charge is 0.481 e. The molecular weight excluding hydrogens is 497 g/mol. The second-order valence-electron chi connectivity index (χ2n) is 10.5. The van der Waals surface area contributed by atoms with Crippen LogP contribution in [0.4, 0.5) is 4.39 Å². The van der Waals surface area contributed by atoms with Gasteiger partial charge in [-0.3, -0.25) is 4.79 Å². The predicted octanol–water partition coefficient (Wildman–Crippen LogP) is 5.83. The Morgan fingerprint density at radius 3 is 2.41 bits per heavy atom. The van der Waals surface area contributed by atoms with Gasteiger partial charge in [-0.25, -0.2) is 14.1 Å². The van der Waals surface area contributed by atoms with Crippen LogP contribution in [0.1, 0.15) is 68.3 Å². The molecule has 39 heavy (non-hydrogen) atoms. The minimum absolute atomic E-state index is 0.00601. The standard InChI is InChI=1S/C31H32FN3O4/c1-18(2)29-25(15-14-23(36)16-24(37)17-26(38)39)27(19-10-12-21(32)13-11-19)28-30(20-8-9-20)34-35(31(28)33-29)22-6-4-3-5-7-22/h3-7,10-15,18,20,23-24,36-37H,8-9,16-17H2,1-2H3,(H,38,39)/b15-14+/t23-,24-/m1/s1. The second-order valence-corrected chi connectivity index (χ2v) is 10.5. The Bertz CT molecular complexity index is 1510. The first-order valence-electron chi connectivity index (χ1n) is 13.3. The van der Waals surface area contributed by atoms with Crippen molar-refractivity contribution >= 4 is 23.1 Å². The molecule has 5 rings (SSSR count). The van der Waals surface area contributed by atoms with Crippen LogP contribution in [-0.2, 0) is 4.79 Å². The van der Waals surface area contributed by atoms with Gasteiger partial charge in [0, 0.05) is 23.5 Å². The summed E-state index contributed by atoms with van der Waals surface area (Å²) in [4.78, 5) is 16.1. The number of carbonyl (C=O) groups is 1. The van der Waals surface area contributed by atoms with Gasteiger partial charge in [0.05, 0.1) is 41.1 Å². The Kier molecular flexibility index (Phi) is 7.59. The van der Waals surface area contributed by atoms with Crippen molar-refractivity contribution in [3.63, 3.8) is 0 Å². The van der Waals surface area contributed by atoms with E-state index in [-0.39, 0.29) is 18.2 Å². The van der Waals surface area contributed by atoms with Crippen LogP contribution in [0.2, 0.25) is 0 Å². The van der Waals surface area contributed by atoms with E-state index in [1.54, 1.807) is 24.3 Å². The molecule has 8 heteroatoms. The highest BCUT2D eigenvalue weighted by Crippen LogP contribution is 2.47. The zero-order chi connectivity index (χ0) is 27.7. The Labute approximate surface area is 226 Å². The normalized spacial score (nSPS) is 15.3. The average molecular weight is 530 g/mol. The molecule has 2 aromatic carbocycles. The van der Waals surface area contributed by atoms with Gasteiger partial charge in [0.1, 0.15) is 5.82 Å². The molecule has 1 fully saturated rings. The lowest BCUT2D eigenvalue weighted by molar-refractivity contribution is -0.139. The fraction of sp³-hybridized carbons (Fsp3) is 0.323. The van der Waals surface area contributed by atoms with Gasteiger partial charge in [0.15, 0.2) is 5.65 Å². The first-order chi connectivity index (χ1) is 18.7. The maximum Gasteiger partial charge on any atom is 0.305 e. The molecule has 202 valence electrons. The van der Waals surface area contributed by atoms with Crippen LogP contribution in [0.5, 0.6) is 0 Å². The van der Waals surface area contributed by atoms with E-state index in [0.29, 0.717) is 5.92 Å². The number of fused-ring (bicyclic) bond motifs is 1. The maximum absolute atomic E-state index is 14.0. The SMILES string of the molecule is CC(C)c1nc2c(c(C3CC3)nn2-c2ccccc2)c(-c2ccc(F)cc2)c1/C=C/[C@@H](O)C[C@@H](O)CC(=O)O. The summed E-state index contributed by atoms with van der Waals surface area (Å²) in [7, 11) is 0. The van der Waals surface area contributed by atoms with E-state index in [1.807, 2.05) is 48.9 Å². The molecule has 0 amide bonds. The summed E-state index contributed by atoms with van der Waals surface area (Å²) in [5.74, 6) is -1.16. The first-order valence-corrected chi connectivity index (χ1v) is 13.3. The van der Waals surface area contributed by atoms with Crippen molar-refractivity contribution in [3.05, 3.63) is 83.4 Å². The number of para-hydroxylation sites is 1. The van der Waals surface area contributed by atoms with Crippen molar-refractivity contribution in [3.8, 4) is 16.8 Å². The van der Waals surface area contributed by atoms with E-state index < -0.39 is 24.6 Å². The van der Waals surface area contributed by atoms with Crippen molar-refractivity contribution in [1.82, 2.24) is 14.8 Å². The fourth-order valence-corrected chi connectivity index (χ4v) is 4.97. The molecule has 0 aliphatic heterocycles. The number of pyridine rings is 1. The summed E-state index contributed by atoms with van der Waals surface area (Å²) in [6.07, 6.45) is 2.61. The van der Waals surface area contributed by atoms with E-state index in [1.165, 1.54) is 12.1 Å². The van der Waals surface area contributed by atoms with Crippen LogP contribution in [0, 0.1) is 5.82 Å². The number of aliphatic hydroxyl groups is 2. The number of hydrogen-bond donors (Lipinski definition) is 3. The molecule has 4 aromatic rings. The van der Waals surface area contributed by atoms with E-state index in [2.05, 4.69) is 0 Å². The number of hydrogen-bond acceptors (Lipinski definition) is 5. The molecule has 7 nitrogen and oxygen atoms in total. The summed E-state index contributed by atoms with van der Waals surface area (Å²) in [6.45, 7) is 4.08. The summed E-state index contributed by atoms with van der Waals surface area (Å²) < 4.78 is 15.9. The van der Waals surface area contributed by atoms with Gasteiger partial charge >= 0.3 is 5.97 Å². The predicted molar refractivity (Wildman–Crippen MR) is 148 cm³/mol. The third-order valence-electron chi connectivity index (χ3n) is 6.96. The number of carboxylic acid groups (broad SMARTS) is 1. The highest BCUT2D eigenvalue weighted by atomic mass is 19.1. The third kappa shape index (κ3) is 5.77. The third-order valence-corrected chi connectivity index (χ3v) is 6.96. The van der Waals surface area contributed by atoms with Crippen LogP contribution in [0.25, 0.3) is 33.9 Å². The number of benzene rings is 2. The topological polar surface area (TPSA) is 108 Å². The molecule has 0 radical (unpaired) electrons. The number of rotatable bonds is 10. The van der Waals surface area contributed by atoms with Crippen LogP contribution >= 0.6 is 0 Å². The molecule has 0 bridgehead atoms. The quantitative estimate of drug-likeness (QED) is 0.239. The van der Waals surface area contributed by atoms with Gasteiger partial charge in [-0.1, -0.05) is 56.3 Å². The number of nitrogens with zero attached hydrogens (tertiary/aromatic N) is 3. The number of halogens is 1. The van der Waals surface area contributed by atoms with Crippen molar-refractivity contribution < 1.29 is 24.5 Å². The Hall–Kier alpha value is -3.88. The number of aliphatic hydroxyl groups excluding tert-OH is 2. The number of carboxylic acids is 1. The molecule has 3 N–H and O–H groups in total. The van der Waals surface area contributed by atoms with E-state index in [4.69, 9.17) is 15.2 Å². The van der Waals surface area contributed by atoms with Crippen molar-refractivity contribution in [2.45, 2.75) is 63.6 Å². The highest BCUT2D eigenvalue weighted by Gasteiger charge is 2.33. The molecule has 0 saturated heterocycles. The maximum atomic E-state index is 14.0. The average Bonchev–Trinajstić information content (AvgIpc) is 3.67. The molecule has 0 spiro atoms. The molecule has 2 heterocycles. The van der Waals surface area contributed by atoms with E-state index >= 15 is 0 Å². The zero-order valence-corrected chi connectivity index (χ0v) is 22.0. The first kappa shape index (κ1) is 26.7. The Balaban J connectivity index is 1.75. The minimum atomic E-state index is -1.17. The van der Waals surface area contributed by atoms with Crippen LogP contribution in [0.15, 0.2) is 60.7 Å². The van der Waals surface area contributed by atoms with E-state index in [9.17, 15) is 19.4 Å². The lowest BCUT2D eigenvalue weighted by Gasteiger charge is -2.18. The highest BCUT2D eigenvalue weighted by molar-refractivity contribution is 6.01. The van der Waals surface area contributed by atoms with Crippen molar-refractivity contribution in [1.29, 1.82) is 0 Å². The smallest absolute Gasteiger partial charge is 0.305 e. The molecule has 1 aliphatic carbocycles. The minimum Gasteiger partial charge on any atom is -0.481 e. The molecule has 1 saturated carbocycles. The lowest BCUT2D eigenvalue weighted by atomic mass is 9.90. The molecule has 1 aliphatic rings. The van der Waals surface area contributed by atoms with E-state index in [0.717, 1.165) is 57.6 Å². The van der Waals surface area contributed by atoms with Gasteiger partial charge in [0.2, 0.25) is 0 Å². The Morgan fingerprint density at radius 1 is 1.10 bits per heavy atom. The van der Waals surface area contributed by atoms with Gasteiger partial charge in [-0.15, -0.1) is 0 Å². The van der Waals surface area contributed by atoms with Gasteiger partial charge in [0.25, 0.3) is 0 Å². The molecule has 0 unspecified atom stereocenters. The monoisotopic (exact) mass is 529 g/mol. The van der Waals surface area contributed by atoms with Crippen LogP contribution in [-0.4, -0.2) is 48.3 Å². The number of aliphatic carboxylic acids is 1. The van der Waals surface area contributed by atoms with Gasteiger partial charge in [-0.05, 0) is 48.6 Å². The molecular formula is C31H32FN3O4. The van der Waals surface area contributed by atoms with Crippen molar-refractivity contribution in [2.75, 3.05) is 0 Å². The van der Waals surface area contributed by atoms with Crippen molar-refractivity contribution in [2.24, 2.45) is 0 Å².